The summed E-state index contributed by atoms with van der Waals surface area (Å²) in [6.45, 7) is 4.16. The van der Waals surface area contributed by atoms with Crippen LogP contribution in [0.25, 0.3) is 0 Å². The average molecular weight is 460 g/mol. The molecule has 2 aromatic carbocycles. The van der Waals surface area contributed by atoms with Gasteiger partial charge in [-0.2, -0.15) is 0 Å². The van der Waals surface area contributed by atoms with E-state index >= 15 is 0 Å². The molecule has 164 valence electrons. The number of piperazine rings is 1. The number of para-hydroxylation sites is 1. The van der Waals surface area contributed by atoms with Crippen molar-refractivity contribution in [3.8, 4) is 0 Å². The second kappa shape index (κ2) is 8.92. The molecule has 0 aliphatic carbocycles. The summed E-state index contributed by atoms with van der Waals surface area (Å²) >= 11 is 1.38. The van der Waals surface area contributed by atoms with Crippen molar-refractivity contribution in [2.45, 2.75) is 28.4 Å². The van der Waals surface area contributed by atoms with Gasteiger partial charge in [-0.3, -0.25) is 9.59 Å². The number of fused-ring (bicyclic) bond motifs is 1. The Morgan fingerprint density at radius 2 is 1.81 bits per heavy atom. The average Bonchev–Trinajstić information content (AvgIpc) is 2.79. The minimum Gasteiger partial charge on any atom is -0.368 e. The van der Waals surface area contributed by atoms with E-state index in [9.17, 15) is 18.0 Å². The Labute approximate surface area is 186 Å². The van der Waals surface area contributed by atoms with Crippen LogP contribution in [0.5, 0.6) is 0 Å². The van der Waals surface area contributed by atoms with E-state index in [2.05, 4.69) is 10.2 Å². The zero-order valence-electron chi connectivity index (χ0n) is 17.3. The zero-order chi connectivity index (χ0) is 22.0. The first-order valence-corrected chi connectivity index (χ1v) is 12.8. The lowest BCUT2D eigenvalue weighted by molar-refractivity contribution is -0.131. The lowest BCUT2D eigenvalue weighted by Gasteiger charge is -2.36. The topological polar surface area (TPSA) is 86.8 Å². The van der Waals surface area contributed by atoms with Gasteiger partial charge < -0.3 is 15.1 Å². The zero-order valence-corrected chi connectivity index (χ0v) is 18.9. The van der Waals surface area contributed by atoms with Crippen molar-refractivity contribution in [3.05, 3.63) is 48.5 Å². The van der Waals surface area contributed by atoms with E-state index in [0.717, 1.165) is 23.7 Å². The summed E-state index contributed by atoms with van der Waals surface area (Å²) in [5, 5.41) is 1.87. The second-order valence-corrected chi connectivity index (χ2v) is 11.1. The highest BCUT2D eigenvalue weighted by Crippen LogP contribution is 2.34. The summed E-state index contributed by atoms with van der Waals surface area (Å²) < 4.78 is 26.1. The highest BCUT2D eigenvalue weighted by molar-refractivity contribution is 8.00. The van der Waals surface area contributed by atoms with E-state index in [1.165, 1.54) is 17.8 Å². The van der Waals surface area contributed by atoms with Gasteiger partial charge in [0.05, 0.1) is 21.6 Å². The van der Waals surface area contributed by atoms with Crippen molar-refractivity contribution < 1.29 is 18.0 Å². The minimum atomic E-state index is -3.70. The predicted octanol–water partition coefficient (Wildman–Crippen LogP) is 2.63. The molecule has 2 amide bonds. The largest absolute Gasteiger partial charge is 0.368 e. The Bertz CT molecular complexity index is 1080. The van der Waals surface area contributed by atoms with Gasteiger partial charge in [0.25, 0.3) is 0 Å². The van der Waals surface area contributed by atoms with Crippen LogP contribution < -0.4 is 10.2 Å². The maximum Gasteiger partial charge on any atom is 0.234 e. The van der Waals surface area contributed by atoms with Crippen molar-refractivity contribution in [2.24, 2.45) is 0 Å². The Kier molecular flexibility index (Phi) is 6.24. The molecule has 1 atom stereocenters. The van der Waals surface area contributed by atoms with Crippen molar-refractivity contribution in [1.82, 2.24) is 4.90 Å². The van der Waals surface area contributed by atoms with Gasteiger partial charge in [-0.15, -0.1) is 11.8 Å². The fraction of sp³-hybridized carbons (Fsp3) is 0.364. The monoisotopic (exact) mass is 459 g/mol. The maximum absolute atomic E-state index is 13.1. The number of carbonyl (C=O) groups excluding carboxylic acids is 2. The lowest BCUT2D eigenvalue weighted by atomic mass is 10.2. The third-order valence-corrected chi connectivity index (χ3v) is 8.87. The second-order valence-electron chi connectivity index (χ2n) is 7.76. The van der Waals surface area contributed by atoms with Crippen LogP contribution in [0.1, 0.15) is 13.3 Å². The van der Waals surface area contributed by atoms with E-state index in [-0.39, 0.29) is 23.1 Å². The molecule has 0 aromatic heterocycles. The molecular weight excluding hydrogens is 434 g/mol. The Balaban J connectivity index is 1.38. The van der Waals surface area contributed by atoms with Crippen LogP contribution in [-0.4, -0.2) is 62.3 Å². The van der Waals surface area contributed by atoms with Gasteiger partial charge >= 0.3 is 0 Å². The molecular formula is C22H25N3O4S2. The number of benzene rings is 2. The molecule has 2 aromatic rings. The first kappa shape index (κ1) is 21.7. The van der Waals surface area contributed by atoms with Crippen molar-refractivity contribution in [3.63, 3.8) is 0 Å². The molecule has 2 aliphatic rings. The van der Waals surface area contributed by atoms with Crippen LogP contribution in [0.2, 0.25) is 0 Å². The molecule has 9 heteroatoms. The molecule has 2 heterocycles. The number of sulfone groups is 1. The summed E-state index contributed by atoms with van der Waals surface area (Å²) in [4.78, 5) is 29.4. The number of thioether (sulfide) groups is 1. The van der Waals surface area contributed by atoms with Gasteiger partial charge in [0.15, 0.2) is 9.84 Å². The van der Waals surface area contributed by atoms with Crippen LogP contribution in [0, 0.1) is 0 Å². The molecule has 0 bridgehead atoms. The van der Waals surface area contributed by atoms with Gasteiger partial charge in [0, 0.05) is 43.2 Å². The van der Waals surface area contributed by atoms with Crippen LogP contribution in [0.3, 0.4) is 0 Å². The predicted molar refractivity (Wildman–Crippen MR) is 122 cm³/mol. The van der Waals surface area contributed by atoms with E-state index in [1.807, 2.05) is 30.3 Å². The van der Waals surface area contributed by atoms with Gasteiger partial charge in [0.1, 0.15) is 0 Å². The third-order valence-electron chi connectivity index (χ3n) is 5.66. The van der Waals surface area contributed by atoms with E-state index in [4.69, 9.17) is 0 Å². The number of hydrogen-bond acceptors (Lipinski definition) is 6. The van der Waals surface area contributed by atoms with Crippen LogP contribution in [0.4, 0.5) is 11.4 Å². The summed E-state index contributed by atoms with van der Waals surface area (Å²) in [5.41, 5.74) is 1.64. The summed E-state index contributed by atoms with van der Waals surface area (Å²) in [5.74, 6) is 0.0252. The summed E-state index contributed by atoms with van der Waals surface area (Å²) in [6.07, 6.45) is -0.0636. The summed E-state index contributed by atoms with van der Waals surface area (Å²) in [6, 6.07) is 14.8. The number of nitrogens with zero attached hydrogens (tertiary/aromatic N) is 2. The van der Waals surface area contributed by atoms with E-state index in [0.29, 0.717) is 24.5 Å². The molecule has 0 saturated carbocycles. The third kappa shape index (κ3) is 4.72. The number of hydrogen-bond donors (Lipinski definition) is 1. The summed E-state index contributed by atoms with van der Waals surface area (Å²) in [7, 11) is -3.70. The van der Waals surface area contributed by atoms with Gasteiger partial charge in [-0.25, -0.2) is 8.42 Å². The van der Waals surface area contributed by atoms with Crippen molar-refractivity contribution >= 4 is 44.8 Å². The number of rotatable bonds is 5. The van der Waals surface area contributed by atoms with Gasteiger partial charge in [-0.1, -0.05) is 18.2 Å². The maximum atomic E-state index is 13.1. The van der Waals surface area contributed by atoms with E-state index in [1.54, 1.807) is 24.0 Å². The number of carbonyl (C=O) groups is 2. The highest BCUT2D eigenvalue weighted by atomic mass is 32.2. The normalized spacial score (nSPS) is 17.6. The van der Waals surface area contributed by atoms with Crippen LogP contribution in [0.15, 0.2) is 58.3 Å². The molecule has 4 rings (SSSR count). The molecule has 1 fully saturated rings. The first-order chi connectivity index (χ1) is 14.8. The highest BCUT2D eigenvalue weighted by Gasteiger charge is 2.30. The van der Waals surface area contributed by atoms with E-state index < -0.39 is 15.1 Å². The fourth-order valence-electron chi connectivity index (χ4n) is 3.81. The number of amides is 2. The van der Waals surface area contributed by atoms with Crippen molar-refractivity contribution in [1.29, 1.82) is 0 Å². The Morgan fingerprint density at radius 3 is 2.52 bits per heavy atom. The smallest absolute Gasteiger partial charge is 0.234 e. The Morgan fingerprint density at radius 1 is 1.10 bits per heavy atom. The fourth-order valence-corrected chi connectivity index (χ4v) is 5.96. The van der Waals surface area contributed by atoms with Crippen molar-refractivity contribution in [2.75, 3.05) is 42.1 Å². The molecule has 1 N–H and O–H groups in total. The molecule has 1 saturated heterocycles. The van der Waals surface area contributed by atoms with Gasteiger partial charge in [0.2, 0.25) is 11.8 Å². The molecule has 0 radical (unpaired) electrons. The standard InChI is InChI=1S/C22H25N3O4S2/c1-16(31(28,29)18-7-8-20-19(14-18)23-21(26)15-30-20)13-22(27)25-11-9-24(10-12-25)17-5-3-2-4-6-17/h2-8,14,16H,9-13,15H2,1H3,(H,23,26)/t16-/m0/s1. The molecule has 7 nitrogen and oxygen atoms in total. The quantitative estimate of drug-likeness (QED) is 0.740. The van der Waals surface area contributed by atoms with Crippen LogP contribution in [-0.2, 0) is 19.4 Å². The molecule has 0 unspecified atom stereocenters. The molecule has 31 heavy (non-hydrogen) atoms. The minimum absolute atomic E-state index is 0.0636. The lowest BCUT2D eigenvalue weighted by Crippen LogP contribution is -2.49. The first-order valence-electron chi connectivity index (χ1n) is 10.2. The Hall–Kier alpha value is -2.52. The molecule has 2 aliphatic heterocycles. The number of nitrogens with one attached hydrogen (secondary N) is 1. The van der Waals surface area contributed by atoms with Gasteiger partial charge in [-0.05, 0) is 37.3 Å². The molecule has 0 spiro atoms. The SMILES string of the molecule is C[C@@H](CC(=O)N1CCN(c2ccccc2)CC1)S(=O)(=O)c1ccc2c(c1)NC(=O)CS2. The number of anilines is 2. The van der Waals surface area contributed by atoms with Crippen LogP contribution >= 0.6 is 11.8 Å².